The highest BCUT2D eigenvalue weighted by Gasteiger charge is 2.51. The molecule has 0 N–H and O–H groups in total. The van der Waals surface area contributed by atoms with Gasteiger partial charge in [-0.05, 0) is 63.6 Å². The van der Waals surface area contributed by atoms with Gasteiger partial charge in [-0.15, -0.1) is 0 Å². The number of rotatable bonds is 6. The summed E-state index contributed by atoms with van der Waals surface area (Å²) in [7, 11) is -4.03. The lowest BCUT2D eigenvalue weighted by molar-refractivity contribution is -0.122. The van der Waals surface area contributed by atoms with Gasteiger partial charge in [0.25, 0.3) is 5.91 Å². The Kier molecular flexibility index (Phi) is 6.23. The number of anilines is 1. The number of imide groups is 1. The molecule has 0 radical (unpaired) electrons. The molecule has 1 fully saturated rings. The summed E-state index contributed by atoms with van der Waals surface area (Å²) in [6.45, 7) is 7.32. The van der Waals surface area contributed by atoms with Crippen LogP contribution < -0.4 is 4.90 Å². The maximum atomic E-state index is 13.6. The van der Waals surface area contributed by atoms with Gasteiger partial charge >= 0.3 is 0 Å². The third-order valence-electron chi connectivity index (χ3n) is 5.53. The normalized spacial score (nSPS) is 17.8. The molecule has 1 aliphatic heterocycles. The van der Waals surface area contributed by atoms with Crippen molar-refractivity contribution in [1.82, 2.24) is 4.31 Å². The van der Waals surface area contributed by atoms with E-state index in [4.69, 9.17) is 0 Å². The van der Waals surface area contributed by atoms with Crippen molar-refractivity contribution < 1.29 is 18.0 Å². The monoisotopic (exact) mass is 492 g/mol. The fraction of sp³-hybridized carbons (Fsp3) is 0.364. The van der Waals surface area contributed by atoms with Crippen LogP contribution in [0.15, 0.2) is 57.9 Å². The lowest BCUT2D eigenvalue weighted by Gasteiger charge is -2.39. The number of hydrogen-bond donors (Lipinski definition) is 0. The molecule has 1 aliphatic rings. The van der Waals surface area contributed by atoms with Crippen LogP contribution in [0.1, 0.15) is 39.2 Å². The Hall–Kier alpha value is -2.03. The SMILES string of the molecule is CCC(C)(C)N(C1CC(=O)N(c2ccc(C)cc2)C1=O)S(=O)(=O)c1ccc(Br)cc1. The predicted octanol–water partition coefficient (Wildman–Crippen LogP) is 4.27. The summed E-state index contributed by atoms with van der Waals surface area (Å²) in [6, 6.07) is 12.2. The second-order valence-electron chi connectivity index (χ2n) is 8.04. The minimum atomic E-state index is -4.03. The molecule has 1 heterocycles. The lowest BCUT2D eigenvalue weighted by atomic mass is 10.00. The van der Waals surface area contributed by atoms with Gasteiger partial charge in [0.1, 0.15) is 6.04 Å². The molecule has 30 heavy (non-hydrogen) atoms. The summed E-state index contributed by atoms with van der Waals surface area (Å²) >= 11 is 3.31. The minimum Gasteiger partial charge on any atom is -0.274 e. The average molecular weight is 493 g/mol. The number of hydrogen-bond acceptors (Lipinski definition) is 4. The molecule has 6 nitrogen and oxygen atoms in total. The van der Waals surface area contributed by atoms with Gasteiger partial charge in [0.2, 0.25) is 15.9 Å². The molecule has 0 bridgehead atoms. The molecule has 8 heteroatoms. The number of carbonyl (C=O) groups is 2. The van der Waals surface area contributed by atoms with E-state index in [2.05, 4.69) is 15.9 Å². The van der Waals surface area contributed by atoms with E-state index in [1.165, 1.54) is 16.4 Å². The van der Waals surface area contributed by atoms with Crippen molar-refractivity contribution in [1.29, 1.82) is 0 Å². The van der Waals surface area contributed by atoms with E-state index >= 15 is 0 Å². The number of halogens is 1. The molecule has 0 aliphatic carbocycles. The number of carbonyl (C=O) groups excluding carboxylic acids is 2. The highest BCUT2D eigenvalue weighted by atomic mass is 79.9. The molecule has 3 rings (SSSR count). The molecule has 160 valence electrons. The Morgan fingerprint density at radius 2 is 1.63 bits per heavy atom. The van der Waals surface area contributed by atoms with Gasteiger partial charge in [0.15, 0.2) is 0 Å². The fourth-order valence-electron chi connectivity index (χ4n) is 3.55. The van der Waals surface area contributed by atoms with Crippen LogP contribution >= 0.6 is 15.9 Å². The van der Waals surface area contributed by atoms with Crippen molar-refractivity contribution in [3.63, 3.8) is 0 Å². The maximum Gasteiger partial charge on any atom is 0.252 e. The molecule has 1 unspecified atom stereocenters. The smallest absolute Gasteiger partial charge is 0.252 e. The second kappa shape index (κ2) is 8.24. The summed E-state index contributed by atoms with van der Waals surface area (Å²) in [5.74, 6) is -0.928. The second-order valence-corrected chi connectivity index (χ2v) is 10.8. The fourth-order valence-corrected chi connectivity index (χ4v) is 5.81. The molecule has 1 saturated heterocycles. The molecule has 1 atom stereocenters. The van der Waals surface area contributed by atoms with Gasteiger partial charge in [-0.2, -0.15) is 4.31 Å². The van der Waals surface area contributed by atoms with Crippen LogP contribution in [0.4, 0.5) is 5.69 Å². The largest absolute Gasteiger partial charge is 0.274 e. The molecular formula is C22H25BrN2O4S. The summed E-state index contributed by atoms with van der Waals surface area (Å²) in [5.41, 5.74) is 0.588. The molecule has 0 aromatic heterocycles. The van der Waals surface area contributed by atoms with Crippen LogP contribution in [0.3, 0.4) is 0 Å². The van der Waals surface area contributed by atoms with Crippen LogP contribution in [0, 0.1) is 6.92 Å². The summed E-state index contributed by atoms with van der Waals surface area (Å²) in [4.78, 5) is 27.3. The van der Waals surface area contributed by atoms with Crippen molar-refractivity contribution in [2.24, 2.45) is 0 Å². The quantitative estimate of drug-likeness (QED) is 0.564. The number of aryl methyl sites for hydroxylation is 1. The van der Waals surface area contributed by atoms with E-state index in [-0.39, 0.29) is 11.3 Å². The van der Waals surface area contributed by atoms with E-state index in [0.29, 0.717) is 12.1 Å². The van der Waals surface area contributed by atoms with Crippen LogP contribution in [-0.4, -0.2) is 36.1 Å². The van der Waals surface area contributed by atoms with Crippen LogP contribution in [0.2, 0.25) is 0 Å². The topological polar surface area (TPSA) is 74.8 Å². The molecular weight excluding hydrogens is 468 g/mol. The van der Waals surface area contributed by atoms with E-state index in [9.17, 15) is 18.0 Å². The highest BCUT2D eigenvalue weighted by molar-refractivity contribution is 9.10. The number of nitrogens with zero attached hydrogens (tertiary/aromatic N) is 2. The zero-order valence-electron chi connectivity index (χ0n) is 17.4. The molecule has 0 saturated carbocycles. The number of amides is 2. The van der Waals surface area contributed by atoms with Crippen LogP contribution in [-0.2, 0) is 19.6 Å². The third-order valence-corrected chi connectivity index (χ3v) is 8.19. The van der Waals surface area contributed by atoms with Crippen molar-refractivity contribution in [3.8, 4) is 0 Å². The first-order chi connectivity index (χ1) is 14.0. The van der Waals surface area contributed by atoms with E-state index in [1.807, 2.05) is 26.0 Å². The van der Waals surface area contributed by atoms with E-state index < -0.39 is 33.4 Å². The van der Waals surface area contributed by atoms with Crippen LogP contribution in [0.25, 0.3) is 0 Å². The summed E-state index contributed by atoms with van der Waals surface area (Å²) < 4.78 is 29.2. The summed E-state index contributed by atoms with van der Waals surface area (Å²) in [6.07, 6.45) is 0.289. The predicted molar refractivity (Wildman–Crippen MR) is 120 cm³/mol. The Balaban J connectivity index is 2.07. The zero-order chi connectivity index (χ0) is 22.3. The first-order valence-electron chi connectivity index (χ1n) is 9.72. The Bertz CT molecular complexity index is 1060. The van der Waals surface area contributed by atoms with E-state index in [0.717, 1.165) is 14.9 Å². The van der Waals surface area contributed by atoms with E-state index in [1.54, 1.807) is 38.1 Å². The Labute approximate surface area is 186 Å². The third kappa shape index (κ3) is 4.08. The van der Waals surface area contributed by atoms with Crippen molar-refractivity contribution in [3.05, 3.63) is 58.6 Å². The lowest BCUT2D eigenvalue weighted by Crippen LogP contribution is -2.55. The van der Waals surface area contributed by atoms with Gasteiger partial charge in [-0.1, -0.05) is 40.5 Å². The van der Waals surface area contributed by atoms with Gasteiger partial charge in [-0.3, -0.25) is 9.59 Å². The van der Waals surface area contributed by atoms with Gasteiger partial charge in [0, 0.05) is 10.0 Å². The molecule has 2 aromatic carbocycles. The van der Waals surface area contributed by atoms with Crippen molar-refractivity contribution in [2.45, 2.75) is 57.0 Å². The standard InChI is InChI=1S/C22H25BrN2O4S/c1-5-22(3,4)25(30(28,29)18-12-8-16(23)9-13-18)19-14-20(26)24(21(19)27)17-10-6-15(2)7-11-17/h6-13,19H,5,14H2,1-4H3. The average Bonchev–Trinajstić information content (AvgIpc) is 2.96. The zero-order valence-corrected chi connectivity index (χ0v) is 19.8. The van der Waals surface area contributed by atoms with Gasteiger partial charge < -0.3 is 0 Å². The molecule has 2 amide bonds. The summed E-state index contributed by atoms with van der Waals surface area (Å²) in [5, 5.41) is 0. The van der Waals surface area contributed by atoms with Crippen LogP contribution in [0.5, 0.6) is 0 Å². The highest BCUT2D eigenvalue weighted by Crippen LogP contribution is 2.36. The van der Waals surface area contributed by atoms with Gasteiger partial charge in [-0.25, -0.2) is 13.3 Å². The Morgan fingerprint density at radius 1 is 1.07 bits per heavy atom. The molecule has 2 aromatic rings. The first kappa shape index (κ1) is 22.7. The Morgan fingerprint density at radius 3 is 2.17 bits per heavy atom. The van der Waals surface area contributed by atoms with Gasteiger partial charge in [0.05, 0.1) is 17.0 Å². The molecule has 0 spiro atoms. The van der Waals surface area contributed by atoms with Crippen molar-refractivity contribution in [2.75, 3.05) is 4.90 Å². The minimum absolute atomic E-state index is 0.0845. The maximum absolute atomic E-state index is 13.6. The van der Waals surface area contributed by atoms with Crippen molar-refractivity contribution >= 4 is 43.5 Å². The first-order valence-corrected chi connectivity index (χ1v) is 12.0. The number of benzene rings is 2. The number of sulfonamides is 1.